The summed E-state index contributed by atoms with van der Waals surface area (Å²) in [5.41, 5.74) is 0. The maximum Gasteiger partial charge on any atom is 0.148 e. The molecule has 1 N–H and O–H groups in total. The first-order chi connectivity index (χ1) is 4.57. The fraction of sp³-hybridized carbons (Fsp3) is 0.857. The molecular weight excluding hydrogens is 150 g/mol. The van der Waals surface area contributed by atoms with Gasteiger partial charge in [-0.15, -0.1) is 0 Å². The molecule has 0 aliphatic heterocycles. The van der Waals surface area contributed by atoms with E-state index < -0.39 is 0 Å². The minimum Gasteiger partial charge on any atom is -0.410 e. The van der Waals surface area contributed by atoms with Crippen LogP contribution in [0.3, 0.4) is 0 Å². The van der Waals surface area contributed by atoms with Crippen LogP contribution in [0.4, 0.5) is 0 Å². The summed E-state index contributed by atoms with van der Waals surface area (Å²) in [5.74, 6) is 0.761. The summed E-state index contributed by atoms with van der Waals surface area (Å²) in [7, 11) is 0. The molecule has 3 heteroatoms. The highest BCUT2D eigenvalue weighted by atomic mass is 35.5. The molecule has 0 spiro atoms. The molecule has 1 atom stereocenters. The Balaban J connectivity index is 3.73. The molecule has 0 aliphatic rings. The second-order valence-corrected chi connectivity index (χ2v) is 3.34. The van der Waals surface area contributed by atoms with E-state index in [4.69, 9.17) is 16.8 Å². The van der Waals surface area contributed by atoms with Crippen molar-refractivity contribution in [1.82, 2.24) is 0 Å². The van der Waals surface area contributed by atoms with Crippen LogP contribution in [-0.4, -0.2) is 10.4 Å². The molecule has 10 heavy (non-hydrogen) atoms. The second kappa shape index (κ2) is 4.56. The summed E-state index contributed by atoms with van der Waals surface area (Å²) < 4.78 is 0. The highest BCUT2D eigenvalue weighted by Crippen LogP contribution is 2.14. The predicted octanol–water partition coefficient (Wildman–Crippen LogP) is 2.70. The van der Waals surface area contributed by atoms with E-state index in [1.807, 2.05) is 6.92 Å². The Kier molecular flexibility index (Phi) is 4.45. The number of hydrogen-bond acceptors (Lipinski definition) is 2. The fourth-order valence-electron chi connectivity index (χ4n) is 0.903. The summed E-state index contributed by atoms with van der Waals surface area (Å²) in [4.78, 5) is 0. The summed E-state index contributed by atoms with van der Waals surface area (Å²) in [6, 6.07) is 0. The van der Waals surface area contributed by atoms with Crippen LogP contribution in [-0.2, 0) is 0 Å². The van der Waals surface area contributed by atoms with Crippen molar-refractivity contribution in [1.29, 1.82) is 0 Å². The molecule has 0 aromatic carbocycles. The monoisotopic (exact) mass is 163 g/mol. The maximum atomic E-state index is 8.27. The van der Waals surface area contributed by atoms with Crippen molar-refractivity contribution >= 4 is 16.8 Å². The first-order valence-corrected chi connectivity index (χ1v) is 3.83. The van der Waals surface area contributed by atoms with E-state index in [0.717, 1.165) is 6.42 Å². The average Bonchev–Trinajstić information content (AvgIpc) is 1.85. The highest BCUT2D eigenvalue weighted by Gasteiger charge is 2.09. The molecule has 0 radical (unpaired) electrons. The molecule has 0 aliphatic carbocycles. The minimum atomic E-state index is 0.173. The van der Waals surface area contributed by atoms with Crippen LogP contribution in [0.5, 0.6) is 0 Å². The van der Waals surface area contributed by atoms with Gasteiger partial charge in [0.25, 0.3) is 0 Å². The molecule has 0 aromatic heterocycles. The van der Waals surface area contributed by atoms with Gasteiger partial charge >= 0.3 is 0 Å². The number of oxime groups is 1. The molecule has 0 saturated heterocycles. The average molecular weight is 164 g/mol. The van der Waals surface area contributed by atoms with Gasteiger partial charge < -0.3 is 5.21 Å². The van der Waals surface area contributed by atoms with Crippen LogP contribution in [0.25, 0.3) is 0 Å². The zero-order valence-electron chi connectivity index (χ0n) is 6.63. The first kappa shape index (κ1) is 9.76. The summed E-state index contributed by atoms with van der Waals surface area (Å²) in [6.45, 7) is 6.16. The largest absolute Gasteiger partial charge is 0.410 e. The number of rotatable bonds is 3. The quantitative estimate of drug-likeness (QED) is 0.387. The summed E-state index contributed by atoms with van der Waals surface area (Å²) in [6.07, 6.45) is 0.961. The van der Waals surface area contributed by atoms with Gasteiger partial charge in [-0.3, -0.25) is 0 Å². The Morgan fingerprint density at radius 1 is 1.50 bits per heavy atom. The van der Waals surface area contributed by atoms with Crippen LogP contribution in [0.1, 0.15) is 27.2 Å². The number of nitrogens with zero attached hydrogens (tertiary/aromatic N) is 1. The predicted molar refractivity (Wildman–Crippen MR) is 43.7 cm³/mol. The van der Waals surface area contributed by atoms with E-state index in [9.17, 15) is 0 Å². The van der Waals surface area contributed by atoms with Gasteiger partial charge in [0.1, 0.15) is 5.17 Å². The smallest absolute Gasteiger partial charge is 0.148 e. The fourth-order valence-corrected chi connectivity index (χ4v) is 0.992. The Morgan fingerprint density at radius 3 is 2.30 bits per heavy atom. The van der Waals surface area contributed by atoms with Crippen LogP contribution in [0, 0.1) is 11.8 Å². The van der Waals surface area contributed by atoms with E-state index in [1.165, 1.54) is 0 Å². The zero-order chi connectivity index (χ0) is 8.15. The lowest BCUT2D eigenvalue weighted by molar-refractivity contribution is 0.316. The summed E-state index contributed by atoms with van der Waals surface area (Å²) in [5, 5.41) is 11.5. The third-order valence-electron chi connectivity index (χ3n) is 1.33. The lowest BCUT2D eigenvalue weighted by atomic mass is 10.0. The molecule has 0 fully saturated rings. The van der Waals surface area contributed by atoms with Crippen molar-refractivity contribution in [2.45, 2.75) is 27.2 Å². The molecule has 0 aromatic rings. The Morgan fingerprint density at radius 2 is 2.00 bits per heavy atom. The molecule has 1 unspecified atom stereocenters. The van der Waals surface area contributed by atoms with Gasteiger partial charge in [-0.1, -0.05) is 37.5 Å². The van der Waals surface area contributed by atoms with Crippen LogP contribution >= 0.6 is 11.6 Å². The zero-order valence-corrected chi connectivity index (χ0v) is 7.39. The van der Waals surface area contributed by atoms with E-state index >= 15 is 0 Å². The third kappa shape index (κ3) is 3.72. The van der Waals surface area contributed by atoms with Crippen molar-refractivity contribution < 1.29 is 5.21 Å². The lowest BCUT2D eigenvalue weighted by Crippen LogP contribution is -2.07. The van der Waals surface area contributed by atoms with Crippen LogP contribution < -0.4 is 0 Å². The molecular formula is C7H14ClNO. The van der Waals surface area contributed by atoms with E-state index in [2.05, 4.69) is 19.0 Å². The Labute approximate surface area is 66.9 Å². The van der Waals surface area contributed by atoms with Crippen molar-refractivity contribution in [3.8, 4) is 0 Å². The topological polar surface area (TPSA) is 32.6 Å². The van der Waals surface area contributed by atoms with Gasteiger partial charge in [0.2, 0.25) is 0 Å². The molecule has 60 valence electrons. The number of halogens is 1. The molecule has 0 heterocycles. The maximum absolute atomic E-state index is 8.27. The van der Waals surface area contributed by atoms with Crippen LogP contribution in [0.2, 0.25) is 0 Å². The molecule has 0 rings (SSSR count). The second-order valence-electron chi connectivity index (χ2n) is 2.95. The van der Waals surface area contributed by atoms with E-state index in [0.29, 0.717) is 11.1 Å². The van der Waals surface area contributed by atoms with Gasteiger partial charge in [0.15, 0.2) is 0 Å². The Bertz CT molecular complexity index is 123. The van der Waals surface area contributed by atoms with Gasteiger partial charge in [-0.25, -0.2) is 0 Å². The van der Waals surface area contributed by atoms with E-state index in [1.54, 1.807) is 0 Å². The standard InChI is InChI=1S/C7H14ClNO/c1-5(2)4-6(3)7(8)9-10/h5-6,10H,4H2,1-3H3/b9-7-. The van der Waals surface area contributed by atoms with Crippen LogP contribution in [0.15, 0.2) is 5.16 Å². The number of hydrogen-bond donors (Lipinski definition) is 1. The molecule has 2 nitrogen and oxygen atoms in total. The minimum absolute atomic E-state index is 0.173. The summed E-state index contributed by atoms with van der Waals surface area (Å²) >= 11 is 5.56. The van der Waals surface area contributed by atoms with Crippen molar-refractivity contribution in [3.63, 3.8) is 0 Å². The first-order valence-electron chi connectivity index (χ1n) is 3.45. The normalized spacial score (nSPS) is 15.9. The SMILES string of the molecule is CC(C)CC(C)/C(Cl)=N/O. The van der Waals surface area contributed by atoms with Crippen molar-refractivity contribution in [3.05, 3.63) is 0 Å². The van der Waals surface area contributed by atoms with Gasteiger partial charge in [-0.05, 0) is 12.3 Å². The van der Waals surface area contributed by atoms with Gasteiger partial charge in [-0.2, -0.15) is 0 Å². The third-order valence-corrected chi connectivity index (χ3v) is 1.78. The Hall–Kier alpha value is -0.240. The van der Waals surface area contributed by atoms with Crippen molar-refractivity contribution in [2.75, 3.05) is 0 Å². The lowest BCUT2D eigenvalue weighted by Gasteiger charge is -2.09. The van der Waals surface area contributed by atoms with E-state index in [-0.39, 0.29) is 5.92 Å². The van der Waals surface area contributed by atoms with Gasteiger partial charge in [0, 0.05) is 5.92 Å². The highest BCUT2D eigenvalue weighted by molar-refractivity contribution is 6.65. The molecule has 0 bridgehead atoms. The molecule has 0 saturated carbocycles. The van der Waals surface area contributed by atoms with Crippen molar-refractivity contribution in [2.24, 2.45) is 17.0 Å². The van der Waals surface area contributed by atoms with Gasteiger partial charge in [0.05, 0.1) is 0 Å². The molecule has 0 amide bonds.